The third-order valence-electron chi connectivity index (χ3n) is 3.11. The number of phenolic OH excluding ortho intramolecular Hbond substituents is 2. The molecule has 0 saturated heterocycles. The molecule has 0 saturated carbocycles. The molecule has 0 spiro atoms. The van der Waals surface area contributed by atoms with E-state index < -0.39 is 0 Å². The minimum absolute atomic E-state index is 0.104. The van der Waals surface area contributed by atoms with Gasteiger partial charge >= 0.3 is 0 Å². The molecule has 90 valence electrons. The highest BCUT2D eigenvalue weighted by molar-refractivity contribution is 5.94. The molecule has 2 aromatic carbocycles. The van der Waals surface area contributed by atoms with E-state index >= 15 is 0 Å². The van der Waals surface area contributed by atoms with Crippen molar-refractivity contribution < 1.29 is 10.2 Å². The van der Waals surface area contributed by atoms with Gasteiger partial charge in [-0.3, -0.25) is 0 Å². The highest BCUT2D eigenvalue weighted by Gasteiger charge is 2.11. The van der Waals surface area contributed by atoms with Crippen LogP contribution in [-0.2, 0) is 0 Å². The summed E-state index contributed by atoms with van der Waals surface area (Å²) in [4.78, 5) is 8.85. The molecule has 0 fully saturated rings. The monoisotopic (exact) mass is 240 g/mol. The van der Waals surface area contributed by atoms with Crippen LogP contribution in [0.25, 0.3) is 22.1 Å². The minimum atomic E-state index is 0.104. The number of aryl methyl sites for hydroxylation is 2. The molecule has 1 heterocycles. The lowest BCUT2D eigenvalue weighted by atomic mass is 10.1. The normalized spacial score (nSPS) is 11.2. The van der Waals surface area contributed by atoms with E-state index in [1.165, 1.54) is 0 Å². The van der Waals surface area contributed by atoms with Crippen molar-refractivity contribution in [1.29, 1.82) is 0 Å². The van der Waals surface area contributed by atoms with Crippen molar-refractivity contribution in [1.82, 2.24) is 9.97 Å². The van der Waals surface area contributed by atoms with E-state index in [1.54, 1.807) is 24.3 Å². The van der Waals surface area contributed by atoms with Gasteiger partial charge in [0.05, 0.1) is 11.0 Å². The largest absolute Gasteiger partial charge is 0.506 e. The predicted octanol–water partition coefficient (Wildman–Crippen LogP) is 2.81. The van der Waals surface area contributed by atoms with Gasteiger partial charge in [0.2, 0.25) is 0 Å². The maximum atomic E-state index is 9.85. The van der Waals surface area contributed by atoms with Crippen molar-refractivity contribution in [2.24, 2.45) is 0 Å². The quantitative estimate of drug-likeness (QED) is 0.593. The van der Waals surface area contributed by atoms with Crippen LogP contribution in [0.1, 0.15) is 11.1 Å². The summed E-state index contributed by atoms with van der Waals surface area (Å²) in [6.07, 6.45) is 0. The van der Waals surface area contributed by atoms with Gasteiger partial charge in [0.15, 0.2) is 0 Å². The Bertz CT molecular complexity index is 653. The van der Waals surface area contributed by atoms with Crippen LogP contribution in [0.4, 0.5) is 0 Å². The smallest absolute Gasteiger partial charge is 0.143 e. The molecule has 0 bridgehead atoms. The van der Waals surface area contributed by atoms with Gasteiger partial charge in [-0.1, -0.05) is 12.1 Å². The summed E-state index contributed by atoms with van der Waals surface area (Å²) in [5.41, 5.74) is 4.00. The zero-order valence-corrected chi connectivity index (χ0v) is 10.1. The number of aromatic nitrogens is 2. The fourth-order valence-corrected chi connectivity index (χ4v) is 2.07. The Kier molecular flexibility index (Phi) is 2.13. The fourth-order valence-electron chi connectivity index (χ4n) is 2.07. The van der Waals surface area contributed by atoms with E-state index in [2.05, 4.69) is 9.97 Å². The zero-order valence-electron chi connectivity index (χ0n) is 10.1. The predicted molar refractivity (Wildman–Crippen MR) is 69.8 cm³/mol. The summed E-state index contributed by atoms with van der Waals surface area (Å²) in [6.45, 7) is 3.80. The lowest BCUT2D eigenvalue weighted by molar-refractivity contribution is 0.478. The SMILES string of the molecule is Cc1ccc(O)c2nc3c(C)ccc(O)c3nc12. The summed E-state index contributed by atoms with van der Waals surface area (Å²) < 4.78 is 0. The van der Waals surface area contributed by atoms with E-state index in [-0.39, 0.29) is 11.5 Å². The van der Waals surface area contributed by atoms with Crippen molar-refractivity contribution in [3.05, 3.63) is 35.4 Å². The van der Waals surface area contributed by atoms with E-state index in [0.717, 1.165) is 11.1 Å². The summed E-state index contributed by atoms with van der Waals surface area (Å²) in [6, 6.07) is 6.78. The first-order chi connectivity index (χ1) is 8.58. The molecule has 0 aliphatic carbocycles. The summed E-state index contributed by atoms with van der Waals surface area (Å²) in [5, 5.41) is 19.7. The van der Waals surface area contributed by atoms with Crippen molar-refractivity contribution in [2.45, 2.75) is 13.8 Å². The molecule has 0 radical (unpaired) electrons. The molecule has 0 aliphatic heterocycles. The highest BCUT2D eigenvalue weighted by atomic mass is 16.3. The molecule has 0 unspecified atom stereocenters. The maximum absolute atomic E-state index is 9.85. The summed E-state index contributed by atoms with van der Waals surface area (Å²) in [7, 11) is 0. The van der Waals surface area contributed by atoms with Gasteiger partial charge in [0, 0.05) is 0 Å². The average molecular weight is 240 g/mol. The Morgan fingerprint density at radius 2 is 1.06 bits per heavy atom. The van der Waals surface area contributed by atoms with Crippen LogP contribution in [0.2, 0.25) is 0 Å². The van der Waals surface area contributed by atoms with Crippen LogP contribution in [0.3, 0.4) is 0 Å². The number of hydrogen-bond donors (Lipinski definition) is 2. The summed E-state index contributed by atoms with van der Waals surface area (Å²) in [5.74, 6) is 0.209. The second-order valence-electron chi connectivity index (χ2n) is 4.42. The molecule has 3 aromatic rings. The van der Waals surface area contributed by atoms with Gasteiger partial charge < -0.3 is 10.2 Å². The van der Waals surface area contributed by atoms with Crippen LogP contribution in [0, 0.1) is 13.8 Å². The van der Waals surface area contributed by atoms with Crippen molar-refractivity contribution >= 4 is 22.1 Å². The lowest BCUT2D eigenvalue weighted by Gasteiger charge is -2.08. The third-order valence-corrected chi connectivity index (χ3v) is 3.11. The van der Waals surface area contributed by atoms with Crippen LogP contribution >= 0.6 is 0 Å². The molecular formula is C14H12N2O2. The number of phenols is 2. The first-order valence-corrected chi connectivity index (χ1v) is 5.66. The van der Waals surface area contributed by atoms with E-state index in [4.69, 9.17) is 0 Å². The molecule has 2 N–H and O–H groups in total. The second kappa shape index (κ2) is 3.57. The van der Waals surface area contributed by atoms with Crippen molar-refractivity contribution in [3.8, 4) is 11.5 Å². The number of benzene rings is 2. The Balaban J connectivity index is 2.59. The topological polar surface area (TPSA) is 66.2 Å². The Morgan fingerprint density at radius 3 is 1.44 bits per heavy atom. The number of hydrogen-bond acceptors (Lipinski definition) is 4. The van der Waals surface area contributed by atoms with Crippen molar-refractivity contribution in [2.75, 3.05) is 0 Å². The maximum Gasteiger partial charge on any atom is 0.143 e. The summed E-state index contributed by atoms with van der Waals surface area (Å²) >= 11 is 0. The van der Waals surface area contributed by atoms with E-state index in [9.17, 15) is 10.2 Å². The second-order valence-corrected chi connectivity index (χ2v) is 4.42. The van der Waals surface area contributed by atoms with Crippen LogP contribution in [0.15, 0.2) is 24.3 Å². The van der Waals surface area contributed by atoms with Crippen molar-refractivity contribution in [3.63, 3.8) is 0 Å². The molecule has 4 nitrogen and oxygen atoms in total. The Hall–Kier alpha value is -2.36. The van der Waals surface area contributed by atoms with Crippen LogP contribution in [-0.4, -0.2) is 20.2 Å². The first-order valence-electron chi connectivity index (χ1n) is 5.66. The first kappa shape index (κ1) is 10.8. The van der Waals surface area contributed by atoms with Gasteiger partial charge in [-0.15, -0.1) is 0 Å². The van der Waals surface area contributed by atoms with E-state index in [0.29, 0.717) is 22.1 Å². The number of nitrogens with zero attached hydrogens (tertiary/aromatic N) is 2. The van der Waals surface area contributed by atoms with Gasteiger partial charge in [-0.25, -0.2) is 9.97 Å². The fraction of sp³-hybridized carbons (Fsp3) is 0.143. The molecule has 1 aromatic heterocycles. The zero-order chi connectivity index (χ0) is 12.9. The average Bonchev–Trinajstić information content (AvgIpc) is 2.37. The van der Waals surface area contributed by atoms with Gasteiger partial charge in [0.25, 0.3) is 0 Å². The standard InChI is InChI=1S/C14H12N2O2/c1-7-3-5-9(17)13-11(7)15-14-10(18)6-4-8(2)12(14)16-13/h3-6,17-18H,1-2H3. The molecule has 0 amide bonds. The van der Waals surface area contributed by atoms with E-state index in [1.807, 2.05) is 13.8 Å². The third kappa shape index (κ3) is 1.39. The lowest BCUT2D eigenvalue weighted by Crippen LogP contribution is -1.92. The molecule has 18 heavy (non-hydrogen) atoms. The molecule has 3 rings (SSSR count). The van der Waals surface area contributed by atoms with Gasteiger partial charge in [-0.05, 0) is 37.1 Å². The molecule has 4 heteroatoms. The number of fused-ring (bicyclic) bond motifs is 2. The molecule has 0 atom stereocenters. The molecular weight excluding hydrogens is 228 g/mol. The van der Waals surface area contributed by atoms with Gasteiger partial charge in [0.1, 0.15) is 22.5 Å². The number of rotatable bonds is 0. The minimum Gasteiger partial charge on any atom is -0.506 e. The highest BCUT2D eigenvalue weighted by Crippen LogP contribution is 2.30. The Morgan fingerprint density at radius 1 is 0.667 bits per heavy atom. The van der Waals surface area contributed by atoms with Crippen LogP contribution in [0.5, 0.6) is 11.5 Å². The van der Waals surface area contributed by atoms with Gasteiger partial charge in [-0.2, -0.15) is 0 Å². The van der Waals surface area contributed by atoms with Crippen LogP contribution < -0.4 is 0 Å². The molecule has 0 aliphatic rings. The Labute approximate surface area is 104 Å². The number of aromatic hydroxyl groups is 2.